The van der Waals surface area contributed by atoms with Gasteiger partial charge in [-0.3, -0.25) is 9.97 Å². The predicted molar refractivity (Wildman–Crippen MR) is 166 cm³/mol. The molecular weight excluding hydrogens is 517 g/mol. The molecule has 39 heavy (non-hydrogen) atoms. The molecule has 0 bridgehead atoms. The highest BCUT2D eigenvalue weighted by Gasteiger charge is 2.16. The zero-order valence-electron chi connectivity index (χ0n) is 20.5. The lowest BCUT2D eigenvalue weighted by Gasteiger charge is -2.05. The maximum Gasteiger partial charge on any atom is 0.135 e. The number of hydrogen-bond acceptors (Lipinski definition) is 5. The highest BCUT2D eigenvalue weighted by atomic mass is 32.1. The lowest BCUT2D eigenvalue weighted by Crippen LogP contribution is -1.82. The van der Waals surface area contributed by atoms with Crippen molar-refractivity contribution in [3.8, 4) is 22.3 Å². The first-order chi connectivity index (χ1) is 19.3. The summed E-state index contributed by atoms with van der Waals surface area (Å²) >= 11 is 3.61. The van der Waals surface area contributed by atoms with Crippen LogP contribution in [0.25, 0.3) is 84.8 Å². The van der Waals surface area contributed by atoms with Crippen LogP contribution in [0.2, 0.25) is 0 Å². The topological polar surface area (TPSA) is 38.9 Å². The van der Waals surface area contributed by atoms with E-state index < -0.39 is 0 Å². The van der Waals surface area contributed by atoms with Gasteiger partial charge in [-0.05, 0) is 59.7 Å². The third kappa shape index (κ3) is 3.08. The van der Waals surface area contributed by atoms with Crippen molar-refractivity contribution < 1.29 is 4.42 Å². The van der Waals surface area contributed by atoms with E-state index in [0.717, 1.165) is 33.0 Å². The molecule has 0 fully saturated rings. The van der Waals surface area contributed by atoms with E-state index in [4.69, 9.17) is 14.4 Å². The Kier molecular flexibility index (Phi) is 4.36. The second kappa shape index (κ2) is 7.96. The lowest BCUT2D eigenvalue weighted by molar-refractivity contribution is 0.669. The summed E-state index contributed by atoms with van der Waals surface area (Å²) in [6.07, 6.45) is 3.85. The highest BCUT2D eigenvalue weighted by molar-refractivity contribution is 7.26. The van der Waals surface area contributed by atoms with E-state index in [-0.39, 0.29) is 0 Å². The molecule has 5 heteroatoms. The molecule has 0 amide bonds. The first-order valence-corrected chi connectivity index (χ1v) is 14.4. The zero-order chi connectivity index (χ0) is 25.5. The van der Waals surface area contributed by atoms with Crippen molar-refractivity contribution in [1.29, 1.82) is 0 Å². The molecule has 0 unspecified atom stereocenters. The summed E-state index contributed by atoms with van der Waals surface area (Å²) in [4.78, 5) is 9.46. The van der Waals surface area contributed by atoms with E-state index in [2.05, 4.69) is 97.1 Å². The molecular formula is C34H18N2OS2. The van der Waals surface area contributed by atoms with Crippen LogP contribution in [0, 0.1) is 0 Å². The maximum atomic E-state index is 6.29. The van der Waals surface area contributed by atoms with Crippen molar-refractivity contribution >= 4 is 85.2 Å². The van der Waals surface area contributed by atoms with Gasteiger partial charge in [0.25, 0.3) is 0 Å². The van der Waals surface area contributed by atoms with Crippen LogP contribution < -0.4 is 0 Å². The average Bonchev–Trinajstić information content (AvgIpc) is 3.67. The van der Waals surface area contributed by atoms with Crippen molar-refractivity contribution in [3.05, 3.63) is 109 Å². The molecule has 9 aromatic rings. The van der Waals surface area contributed by atoms with Crippen LogP contribution in [-0.2, 0) is 0 Å². The Morgan fingerprint density at radius 1 is 0.487 bits per heavy atom. The first kappa shape index (κ1) is 21.4. The van der Waals surface area contributed by atoms with Crippen molar-refractivity contribution in [2.24, 2.45) is 0 Å². The smallest absolute Gasteiger partial charge is 0.135 e. The van der Waals surface area contributed by atoms with Gasteiger partial charge in [0, 0.05) is 54.5 Å². The number of benzene rings is 4. The summed E-state index contributed by atoms with van der Waals surface area (Å²) < 4.78 is 11.2. The van der Waals surface area contributed by atoms with Gasteiger partial charge < -0.3 is 4.42 Å². The second-order valence-corrected chi connectivity index (χ2v) is 11.9. The van der Waals surface area contributed by atoms with Crippen LogP contribution in [0.15, 0.2) is 114 Å². The quantitative estimate of drug-likeness (QED) is 0.221. The third-order valence-electron chi connectivity index (χ3n) is 7.61. The van der Waals surface area contributed by atoms with Gasteiger partial charge in [0.05, 0.1) is 20.4 Å². The summed E-state index contributed by atoms with van der Waals surface area (Å²) in [6, 6.07) is 34.3. The number of pyridine rings is 2. The van der Waals surface area contributed by atoms with Crippen molar-refractivity contribution in [2.45, 2.75) is 0 Å². The molecule has 0 saturated carbocycles. The lowest BCUT2D eigenvalue weighted by atomic mass is 10.0. The fourth-order valence-corrected chi connectivity index (χ4v) is 8.17. The monoisotopic (exact) mass is 534 g/mol. The van der Waals surface area contributed by atoms with Crippen molar-refractivity contribution in [3.63, 3.8) is 0 Å². The summed E-state index contributed by atoms with van der Waals surface area (Å²) in [7, 11) is 0. The number of nitrogens with zero attached hydrogens (tertiary/aromatic N) is 2. The van der Waals surface area contributed by atoms with E-state index in [1.807, 2.05) is 12.4 Å². The Morgan fingerprint density at radius 3 is 1.49 bits per heavy atom. The summed E-state index contributed by atoms with van der Waals surface area (Å²) in [5.74, 6) is 0. The SMILES string of the molecule is c1ccc2c(c1)sc1c(-c3ccc4oc5ccc(-c6ccnc7c6sc6ccccc67)cc5c4c3)ccnc12. The van der Waals surface area contributed by atoms with E-state index in [1.165, 1.54) is 51.8 Å². The molecule has 0 atom stereocenters. The number of rotatable bonds is 2. The first-order valence-electron chi connectivity index (χ1n) is 12.8. The highest BCUT2D eigenvalue weighted by Crippen LogP contribution is 2.42. The summed E-state index contributed by atoms with van der Waals surface area (Å²) in [5, 5.41) is 4.67. The van der Waals surface area contributed by atoms with Gasteiger partial charge in [-0.2, -0.15) is 0 Å². The standard InChI is InChI=1S/C34H18N2OS2/c1-3-7-29-23(5-1)31-33(38-29)21(13-15-35-31)19-9-11-27-25(17-19)26-18-20(10-12-28(26)37-27)22-14-16-36-32-24-6-2-4-8-30(24)39-34(22)32/h1-18H. The maximum absolute atomic E-state index is 6.29. The summed E-state index contributed by atoms with van der Waals surface area (Å²) in [5.41, 5.74) is 8.68. The molecule has 0 aliphatic rings. The largest absolute Gasteiger partial charge is 0.456 e. The van der Waals surface area contributed by atoms with E-state index in [1.54, 1.807) is 22.7 Å². The number of fused-ring (bicyclic) bond motifs is 9. The van der Waals surface area contributed by atoms with E-state index >= 15 is 0 Å². The molecule has 4 aromatic carbocycles. The number of furan rings is 1. The van der Waals surface area contributed by atoms with Gasteiger partial charge in [-0.1, -0.05) is 48.5 Å². The molecule has 0 spiro atoms. The molecule has 0 radical (unpaired) electrons. The third-order valence-corrected chi connectivity index (χ3v) is 10.00. The molecule has 5 aromatic heterocycles. The van der Waals surface area contributed by atoms with Crippen LogP contribution in [0.4, 0.5) is 0 Å². The molecule has 182 valence electrons. The van der Waals surface area contributed by atoms with Gasteiger partial charge in [-0.15, -0.1) is 22.7 Å². The Balaban J connectivity index is 1.26. The average molecular weight is 535 g/mol. The zero-order valence-corrected chi connectivity index (χ0v) is 22.1. The minimum Gasteiger partial charge on any atom is -0.456 e. The molecule has 0 aliphatic heterocycles. The van der Waals surface area contributed by atoms with Crippen molar-refractivity contribution in [1.82, 2.24) is 9.97 Å². The minimum absolute atomic E-state index is 0.897. The molecule has 5 heterocycles. The Labute approximate surface area is 230 Å². The predicted octanol–water partition coefficient (Wildman–Crippen LogP) is 10.4. The van der Waals surface area contributed by atoms with Gasteiger partial charge >= 0.3 is 0 Å². The van der Waals surface area contributed by atoms with Crippen LogP contribution in [-0.4, -0.2) is 9.97 Å². The minimum atomic E-state index is 0.897. The Morgan fingerprint density at radius 2 is 0.974 bits per heavy atom. The summed E-state index contributed by atoms with van der Waals surface area (Å²) in [6.45, 7) is 0. The second-order valence-electron chi connectivity index (χ2n) is 9.79. The fraction of sp³-hybridized carbons (Fsp3) is 0. The van der Waals surface area contributed by atoms with E-state index in [9.17, 15) is 0 Å². The number of hydrogen-bond donors (Lipinski definition) is 0. The van der Waals surface area contributed by atoms with E-state index in [0.29, 0.717) is 0 Å². The number of thiophene rings is 2. The van der Waals surface area contributed by atoms with Gasteiger partial charge in [0.2, 0.25) is 0 Å². The van der Waals surface area contributed by atoms with Crippen LogP contribution in [0.5, 0.6) is 0 Å². The normalized spacial score (nSPS) is 12.1. The molecule has 0 aliphatic carbocycles. The fourth-order valence-electron chi connectivity index (χ4n) is 5.78. The van der Waals surface area contributed by atoms with Crippen molar-refractivity contribution in [2.75, 3.05) is 0 Å². The molecule has 3 nitrogen and oxygen atoms in total. The van der Waals surface area contributed by atoms with Crippen LogP contribution in [0.3, 0.4) is 0 Å². The van der Waals surface area contributed by atoms with Gasteiger partial charge in [0.15, 0.2) is 0 Å². The van der Waals surface area contributed by atoms with Crippen LogP contribution >= 0.6 is 22.7 Å². The Hall–Kier alpha value is -4.58. The van der Waals surface area contributed by atoms with Gasteiger partial charge in [0.1, 0.15) is 11.2 Å². The van der Waals surface area contributed by atoms with Crippen LogP contribution in [0.1, 0.15) is 0 Å². The van der Waals surface area contributed by atoms with Gasteiger partial charge in [-0.25, -0.2) is 0 Å². The number of aromatic nitrogens is 2. The molecule has 9 rings (SSSR count). The molecule has 0 N–H and O–H groups in total. The Bertz CT molecular complexity index is 2240. The molecule has 0 saturated heterocycles.